The maximum absolute atomic E-state index is 15.1. The van der Waals surface area contributed by atoms with Crippen LogP contribution in [0.1, 0.15) is 189 Å². The van der Waals surface area contributed by atoms with E-state index in [4.69, 9.17) is 11.6 Å². The number of carbonyl (C=O) groups excluding carboxylic acids is 11. The molecule has 0 aromatic carbocycles. The summed E-state index contributed by atoms with van der Waals surface area (Å²) in [5, 5.41) is 10.5. The summed E-state index contributed by atoms with van der Waals surface area (Å²) in [5.41, 5.74) is -1.47. The lowest BCUT2D eigenvalue weighted by molar-refractivity contribution is -0.182. The molecule has 4 N–H and O–H groups in total. The lowest BCUT2D eigenvalue weighted by atomic mass is 9.78. The van der Waals surface area contributed by atoms with Gasteiger partial charge >= 0.3 is 6.18 Å². The van der Waals surface area contributed by atoms with Crippen molar-refractivity contribution in [2.24, 2.45) is 35.5 Å². The molecule has 11 amide bonds. The summed E-state index contributed by atoms with van der Waals surface area (Å²) in [4.78, 5) is 169. The number of hydrogen-bond donors (Lipinski definition) is 4. The number of halogens is 4. The molecule has 22 nitrogen and oxygen atoms in total. The summed E-state index contributed by atoms with van der Waals surface area (Å²) in [6.45, 7) is 7.43. The normalized spacial score (nSPS) is 30.5. The molecule has 6 rings (SSSR count). The zero-order chi connectivity index (χ0) is 68.1. The van der Waals surface area contributed by atoms with Crippen molar-refractivity contribution in [3.05, 3.63) is 0 Å². The van der Waals surface area contributed by atoms with Crippen molar-refractivity contribution in [3.8, 4) is 0 Å². The highest BCUT2D eigenvalue weighted by Gasteiger charge is 2.51. The zero-order valence-corrected chi connectivity index (χ0v) is 57.3. The Balaban J connectivity index is 1.34. The van der Waals surface area contributed by atoms with Gasteiger partial charge in [-0.25, -0.2) is 0 Å². The second kappa shape index (κ2) is 33.6. The minimum Gasteiger partial charge on any atom is -0.351 e. The summed E-state index contributed by atoms with van der Waals surface area (Å²) in [6, 6.07) is -7.48. The van der Waals surface area contributed by atoms with Crippen LogP contribution in [0.25, 0.3) is 0 Å². The first-order valence-electron chi connectivity index (χ1n) is 34.0. The van der Waals surface area contributed by atoms with E-state index in [0.717, 1.165) is 62.7 Å². The Morgan fingerprint density at radius 3 is 1.74 bits per heavy atom. The molecule has 6 fully saturated rings. The molecule has 2 saturated heterocycles. The van der Waals surface area contributed by atoms with Gasteiger partial charge in [-0.1, -0.05) is 105 Å². The third-order valence-corrected chi connectivity index (χ3v) is 21.6. The monoisotopic (exact) mass is 1320 g/mol. The highest BCUT2D eigenvalue weighted by molar-refractivity contribution is 6.20. The molecule has 0 radical (unpaired) electrons. The highest BCUT2D eigenvalue weighted by atomic mass is 35.5. The molecular formula is C66H107ClF3N11O11. The minimum absolute atomic E-state index is 0.0163. The molecule has 6 aliphatic rings. The fraction of sp³-hybridized carbons (Fsp3) is 0.833. The molecule has 1 spiro atoms. The van der Waals surface area contributed by atoms with E-state index in [1.165, 1.54) is 71.7 Å². The molecule has 0 aromatic heterocycles. The van der Waals surface area contributed by atoms with Crippen molar-refractivity contribution in [1.82, 2.24) is 55.6 Å². The van der Waals surface area contributed by atoms with Crippen LogP contribution in [0.4, 0.5) is 13.2 Å². The molecule has 4 saturated carbocycles. The average molecular weight is 1320 g/mol. The van der Waals surface area contributed by atoms with E-state index in [9.17, 15) is 56.3 Å². The maximum Gasteiger partial charge on any atom is 0.393 e. The first kappa shape index (κ1) is 75.3. The van der Waals surface area contributed by atoms with Crippen molar-refractivity contribution in [2.45, 2.75) is 248 Å². The van der Waals surface area contributed by atoms with Crippen molar-refractivity contribution >= 4 is 76.6 Å². The van der Waals surface area contributed by atoms with Gasteiger partial charge in [-0.15, -0.1) is 11.6 Å². The number of hydrogen-bond acceptors (Lipinski definition) is 11. The van der Waals surface area contributed by atoms with Crippen molar-refractivity contribution < 1.29 is 65.9 Å². The van der Waals surface area contributed by atoms with Gasteiger partial charge in [0.15, 0.2) is 0 Å². The minimum atomic E-state index is -4.49. The van der Waals surface area contributed by atoms with Gasteiger partial charge in [-0.3, -0.25) is 52.7 Å². The van der Waals surface area contributed by atoms with Crippen molar-refractivity contribution in [3.63, 3.8) is 0 Å². The number of carbonyl (C=O) groups is 11. The van der Waals surface area contributed by atoms with Crippen LogP contribution < -0.4 is 21.3 Å². The molecular weight excluding hydrogens is 1220 g/mol. The van der Waals surface area contributed by atoms with Crippen LogP contribution in [0.2, 0.25) is 0 Å². The first-order valence-corrected chi connectivity index (χ1v) is 34.5. The third kappa shape index (κ3) is 19.5. The van der Waals surface area contributed by atoms with E-state index in [-0.39, 0.29) is 88.5 Å². The number of nitrogens with one attached hydrogen (secondary N) is 4. The van der Waals surface area contributed by atoms with Gasteiger partial charge in [0.1, 0.15) is 41.8 Å². The number of fused-ring (bicyclic) bond motifs is 1. The molecule has 4 aliphatic carbocycles. The number of alkyl halides is 4. The van der Waals surface area contributed by atoms with Crippen LogP contribution in [0.3, 0.4) is 0 Å². The Kier molecular flexibility index (Phi) is 27.5. The fourth-order valence-corrected chi connectivity index (χ4v) is 15.7. The van der Waals surface area contributed by atoms with Crippen molar-refractivity contribution in [2.75, 3.05) is 68.5 Å². The number of likely N-dealkylation sites (N-methyl/N-ethyl adjacent to an activating group) is 6. The zero-order valence-electron chi connectivity index (χ0n) is 56.5. The second-order valence-electron chi connectivity index (χ2n) is 28.4. The fourth-order valence-electron chi connectivity index (χ4n) is 15.1. The number of nitrogens with zero attached hydrogens (tertiary/aromatic N) is 7. The van der Waals surface area contributed by atoms with Crippen molar-refractivity contribution in [1.29, 1.82) is 0 Å². The second-order valence-corrected chi connectivity index (χ2v) is 29.0. The van der Waals surface area contributed by atoms with Crippen LogP contribution in [-0.4, -0.2) is 227 Å². The summed E-state index contributed by atoms with van der Waals surface area (Å²) in [5.74, 6) is -9.19. The van der Waals surface area contributed by atoms with E-state index >= 15 is 9.59 Å². The van der Waals surface area contributed by atoms with E-state index in [0.29, 0.717) is 32.1 Å². The largest absolute Gasteiger partial charge is 0.393 e. The van der Waals surface area contributed by atoms with Gasteiger partial charge in [-0.2, -0.15) is 13.2 Å². The summed E-state index contributed by atoms with van der Waals surface area (Å²) in [7, 11) is 8.72. The van der Waals surface area contributed by atoms with Crippen LogP contribution >= 0.6 is 11.6 Å². The summed E-state index contributed by atoms with van der Waals surface area (Å²) < 4.78 is 41.7. The topological polar surface area (TPSA) is 259 Å². The molecule has 26 heteroatoms. The summed E-state index contributed by atoms with van der Waals surface area (Å²) in [6.07, 6.45) is 6.71. The molecule has 2 aliphatic heterocycles. The van der Waals surface area contributed by atoms with Gasteiger partial charge in [0.25, 0.3) is 0 Å². The molecule has 3 unspecified atom stereocenters. The predicted octanol–water partition coefficient (Wildman–Crippen LogP) is 5.76. The standard InChI is InChI=1S/C66H107ClF3N11O11/c1-12-41(4)56-63(91)77(8)38-54(84)75(6)39-55(85)79(10)51(36-44-21-14-13-15-22-44)62(90)76(7)37-52(82)72-48(29-27-45-26-28-46(47(67)34-45)66(68,69)70)61(89)81-32-20-25-49(81)59(87)74-65(30-18-19-31-65)64(92)80(11)57(40(2)3)60(88)71-42(5)33-53(83)78(9)50(58(86)73-56)35-43-23-16-17-24-43/h40-51,56-57H,12-39H2,1-11H3,(H,71,88)(H,72,82)(H,73,86)(H,74,87)/t41-,42+,45?,46?,47?,48-,49-,50-,51-,56-,57-/m0/s1. The SMILES string of the molecule is CC[C@H](C)[C@@H]1NC(=O)[C@H](CC2CCCC2)N(C)C(=O)C[C@@H](C)NC(=O)[C@H](C(C)C)N(C)C(=O)C2(CCCC2)NC(=O)[C@@H]2CCCN2C(=O)[C@H](CCC2CCC(C(F)(F)F)C(Cl)C2)NC(=O)CN(C)C(=O)[C@H](CC2CCCCC2)N(C)C(=O)CN(C)C(=O)CN(C)C1=O. The average Bonchev–Trinajstić information content (AvgIpc) is 1.56. The Bertz CT molecular complexity index is 2620. The van der Waals surface area contributed by atoms with Gasteiger partial charge in [0, 0.05) is 66.7 Å². The van der Waals surface area contributed by atoms with Crippen LogP contribution in [0, 0.1) is 35.5 Å². The third-order valence-electron chi connectivity index (χ3n) is 21.1. The van der Waals surface area contributed by atoms with Gasteiger partial charge in [0.05, 0.1) is 25.6 Å². The van der Waals surface area contributed by atoms with Gasteiger partial charge < -0.3 is 55.6 Å². The molecule has 0 aromatic rings. The lowest BCUT2D eigenvalue weighted by Gasteiger charge is -2.39. The van der Waals surface area contributed by atoms with Gasteiger partial charge in [0.2, 0.25) is 65.0 Å². The molecule has 92 heavy (non-hydrogen) atoms. The molecule has 520 valence electrons. The Hall–Kier alpha value is -5.75. The van der Waals surface area contributed by atoms with E-state index in [2.05, 4.69) is 21.3 Å². The molecule has 0 bridgehead atoms. The molecule has 11 atom stereocenters. The first-order chi connectivity index (χ1) is 43.3. The smallest absolute Gasteiger partial charge is 0.351 e. The van der Waals surface area contributed by atoms with Crippen LogP contribution in [0.15, 0.2) is 0 Å². The lowest BCUT2D eigenvalue weighted by Crippen LogP contribution is -2.64. The van der Waals surface area contributed by atoms with E-state index in [1.807, 2.05) is 6.92 Å². The van der Waals surface area contributed by atoms with E-state index < -0.39 is 162 Å². The molecule has 2 heterocycles. The highest BCUT2D eigenvalue weighted by Crippen LogP contribution is 2.44. The maximum atomic E-state index is 15.1. The Morgan fingerprint density at radius 2 is 1.15 bits per heavy atom. The Morgan fingerprint density at radius 1 is 0.576 bits per heavy atom. The van der Waals surface area contributed by atoms with Gasteiger partial charge in [-0.05, 0) is 107 Å². The number of rotatable bonds is 10. The van der Waals surface area contributed by atoms with Crippen LogP contribution in [0.5, 0.6) is 0 Å². The van der Waals surface area contributed by atoms with E-state index in [1.54, 1.807) is 27.7 Å². The predicted molar refractivity (Wildman–Crippen MR) is 341 cm³/mol. The number of amides is 11. The quantitative estimate of drug-likeness (QED) is 0.191. The summed E-state index contributed by atoms with van der Waals surface area (Å²) >= 11 is 6.37. The van der Waals surface area contributed by atoms with Crippen LogP contribution in [-0.2, 0) is 52.7 Å². The Labute approximate surface area is 548 Å².